The Morgan fingerprint density at radius 1 is 1.32 bits per heavy atom. The van der Waals surface area contributed by atoms with Crippen molar-refractivity contribution in [3.05, 3.63) is 29.8 Å². The molecular formula is C15H24N2O2. The third-order valence-electron chi connectivity index (χ3n) is 2.72. The van der Waals surface area contributed by atoms with Crippen molar-refractivity contribution in [1.82, 2.24) is 5.32 Å². The average Bonchev–Trinajstić information content (AvgIpc) is 2.35. The molecule has 106 valence electrons. The Bertz CT molecular complexity index is 394. The average molecular weight is 264 g/mol. The van der Waals surface area contributed by atoms with Crippen LogP contribution in [0.4, 0.5) is 0 Å². The van der Waals surface area contributed by atoms with Crippen LogP contribution in [-0.4, -0.2) is 18.1 Å². The van der Waals surface area contributed by atoms with Crippen molar-refractivity contribution in [2.45, 2.75) is 45.7 Å². The van der Waals surface area contributed by atoms with Gasteiger partial charge in [-0.15, -0.1) is 0 Å². The Balaban J connectivity index is 2.33. The first-order chi connectivity index (χ1) is 8.90. The monoisotopic (exact) mass is 264 g/mol. The van der Waals surface area contributed by atoms with Gasteiger partial charge in [0.25, 0.3) is 0 Å². The zero-order valence-corrected chi connectivity index (χ0v) is 12.0. The second-order valence-electron chi connectivity index (χ2n) is 5.34. The number of hydrogen-bond acceptors (Lipinski definition) is 3. The first kappa shape index (κ1) is 15.5. The van der Waals surface area contributed by atoms with E-state index in [1.807, 2.05) is 45.0 Å². The summed E-state index contributed by atoms with van der Waals surface area (Å²) in [4.78, 5) is 11.6. The molecule has 1 aromatic rings. The van der Waals surface area contributed by atoms with Crippen LogP contribution in [0.1, 0.15) is 39.2 Å². The summed E-state index contributed by atoms with van der Waals surface area (Å²) in [5.74, 6) is 0.884. The van der Waals surface area contributed by atoms with Crippen LogP contribution in [0.25, 0.3) is 0 Å². The SMILES string of the molecule is CCOc1ccc(CNC(=O)CCC(C)(C)N)cc1. The lowest BCUT2D eigenvalue weighted by Gasteiger charge is -2.17. The second kappa shape index (κ2) is 7.14. The third kappa shape index (κ3) is 6.82. The van der Waals surface area contributed by atoms with E-state index in [9.17, 15) is 4.79 Å². The van der Waals surface area contributed by atoms with Gasteiger partial charge in [0.05, 0.1) is 6.61 Å². The fourth-order valence-electron chi connectivity index (χ4n) is 1.59. The molecule has 0 bridgehead atoms. The number of amides is 1. The molecule has 1 aromatic carbocycles. The van der Waals surface area contributed by atoms with Crippen molar-refractivity contribution in [2.24, 2.45) is 5.73 Å². The maximum atomic E-state index is 11.6. The summed E-state index contributed by atoms with van der Waals surface area (Å²) in [6.45, 7) is 6.99. The van der Waals surface area contributed by atoms with Gasteiger partial charge in [-0.2, -0.15) is 0 Å². The van der Waals surface area contributed by atoms with Crippen LogP contribution in [0.3, 0.4) is 0 Å². The molecular weight excluding hydrogens is 240 g/mol. The van der Waals surface area contributed by atoms with Crippen LogP contribution in [0, 0.1) is 0 Å². The van der Waals surface area contributed by atoms with Crippen molar-refractivity contribution < 1.29 is 9.53 Å². The smallest absolute Gasteiger partial charge is 0.220 e. The molecule has 0 atom stereocenters. The number of benzene rings is 1. The number of ether oxygens (including phenoxy) is 1. The highest BCUT2D eigenvalue weighted by atomic mass is 16.5. The van der Waals surface area contributed by atoms with E-state index in [1.54, 1.807) is 0 Å². The molecule has 4 heteroatoms. The van der Waals surface area contributed by atoms with Crippen molar-refractivity contribution in [3.8, 4) is 5.75 Å². The van der Waals surface area contributed by atoms with E-state index < -0.39 is 0 Å². The summed E-state index contributed by atoms with van der Waals surface area (Å²) in [7, 11) is 0. The molecule has 0 spiro atoms. The molecule has 0 aliphatic heterocycles. The van der Waals surface area contributed by atoms with Crippen LogP contribution < -0.4 is 15.8 Å². The number of nitrogens with two attached hydrogens (primary N) is 1. The van der Waals surface area contributed by atoms with E-state index in [0.717, 1.165) is 11.3 Å². The fraction of sp³-hybridized carbons (Fsp3) is 0.533. The first-order valence-electron chi connectivity index (χ1n) is 6.68. The van der Waals surface area contributed by atoms with Gasteiger partial charge in [-0.1, -0.05) is 12.1 Å². The lowest BCUT2D eigenvalue weighted by molar-refractivity contribution is -0.121. The number of hydrogen-bond donors (Lipinski definition) is 2. The molecule has 0 aliphatic carbocycles. The lowest BCUT2D eigenvalue weighted by atomic mass is 10.00. The standard InChI is InChI=1S/C15H24N2O2/c1-4-19-13-7-5-12(6-8-13)11-17-14(18)9-10-15(2,3)16/h5-8H,4,9-11,16H2,1-3H3,(H,17,18). The molecule has 0 heterocycles. The van der Waals surface area contributed by atoms with Gasteiger partial charge in [-0.25, -0.2) is 0 Å². The minimum Gasteiger partial charge on any atom is -0.494 e. The normalized spacial score (nSPS) is 11.2. The van der Waals surface area contributed by atoms with Gasteiger partial charge in [-0.3, -0.25) is 4.79 Å². The van der Waals surface area contributed by atoms with Gasteiger partial charge in [0.15, 0.2) is 0 Å². The largest absolute Gasteiger partial charge is 0.494 e. The predicted octanol–water partition coefficient (Wildman–Crippen LogP) is 2.22. The molecule has 0 fully saturated rings. The summed E-state index contributed by atoms with van der Waals surface area (Å²) >= 11 is 0. The molecule has 0 radical (unpaired) electrons. The molecule has 0 saturated heterocycles. The fourth-order valence-corrected chi connectivity index (χ4v) is 1.59. The van der Waals surface area contributed by atoms with E-state index in [4.69, 9.17) is 10.5 Å². The summed E-state index contributed by atoms with van der Waals surface area (Å²) < 4.78 is 5.36. The maximum absolute atomic E-state index is 11.6. The molecule has 0 unspecified atom stereocenters. The Labute approximate surface area is 115 Å². The topological polar surface area (TPSA) is 64.3 Å². The van der Waals surface area contributed by atoms with Crippen LogP contribution in [0.15, 0.2) is 24.3 Å². The van der Waals surface area contributed by atoms with Gasteiger partial charge in [0.2, 0.25) is 5.91 Å². The highest BCUT2D eigenvalue weighted by molar-refractivity contribution is 5.75. The van der Waals surface area contributed by atoms with E-state index in [2.05, 4.69) is 5.32 Å². The predicted molar refractivity (Wildman–Crippen MR) is 77.0 cm³/mol. The first-order valence-corrected chi connectivity index (χ1v) is 6.68. The van der Waals surface area contributed by atoms with E-state index in [-0.39, 0.29) is 11.4 Å². The minimum absolute atomic E-state index is 0.0346. The highest BCUT2D eigenvalue weighted by Gasteiger charge is 2.12. The minimum atomic E-state index is -0.295. The van der Waals surface area contributed by atoms with Crippen LogP contribution in [0.2, 0.25) is 0 Å². The van der Waals surface area contributed by atoms with Crippen molar-refractivity contribution >= 4 is 5.91 Å². The quantitative estimate of drug-likeness (QED) is 0.793. The van der Waals surface area contributed by atoms with Gasteiger partial charge in [0.1, 0.15) is 5.75 Å². The Hall–Kier alpha value is -1.55. The van der Waals surface area contributed by atoms with Gasteiger partial charge in [-0.05, 0) is 44.9 Å². The van der Waals surface area contributed by atoms with Crippen LogP contribution in [-0.2, 0) is 11.3 Å². The second-order valence-corrected chi connectivity index (χ2v) is 5.34. The van der Waals surface area contributed by atoms with Gasteiger partial charge < -0.3 is 15.8 Å². The molecule has 19 heavy (non-hydrogen) atoms. The van der Waals surface area contributed by atoms with Crippen molar-refractivity contribution in [1.29, 1.82) is 0 Å². The molecule has 0 aromatic heterocycles. The number of carbonyl (C=O) groups excluding carboxylic acids is 1. The van der Waals surface area contributed by atoms with Crippen LogP contribution >= 0.6 is 0 Å². The van der Waals surface area contributed by atoms with E-state index in [1.165, 1.54) is 0 Å². The Kier molecular flexibility index (Phi) is 5.83. The lowest BCUT2D eigenvalue weighted by Crippen LogP contribution is -2.34. The summed E-state index contributed by atoms with van der Waals surface area (Å²) in [6, 6.07) is 7.73. The van der Waals surface area contributed by atoms with Crippen LogP contribution in [0.5, 0.6) is 5.75 Å². The summed E-state index contributed by atoms with van der Waals surface area (Å²) in [5.41, 5.74) is 6.61. The molecule has 0 aliphatic rings. The van der Waals surface area contributed by atoms with Crippen molar-refractivity contribution in [3.63, 3.8) is 0 Å². The molecule has 1 amide bonds. The molecule has 3 N–H and O–H groups in total. The van der Waals surface area contributed by atoms with E-state index >= 15 is 0 Å². The maximum Gasteiger partial charge on any atom is 0.220 e. The molecule has 0 saturated carbocycles. The number of carbonyl (C=O) groups is 1. The summed E-state index contributed by atoms with van der Waals surface area (Å²) in [5, 5.41) is 2.89. The third-order valence-corrected chi connectivity index (χ3v) is 2.72. The molecule has 1 rings (SSSR count). The van der Waals surface area contributed by atoms with Crippen molar-refractivity contribution in [2.75, 3.05) is 6.61 Å². The Morgan fingerprint density at radius 3 is 2.47 bits per heavy atom. The Morgan fingerprint density at radius 2 is 1.95 bits per heavy atom. The van der Waals surface area contributed by atoms with Gasteiger partial charge in [0, 0.05) is 18.5 Å². The highest BCUT2D eigenvalue weighted by Crippen LogP contribution is 2.12. The molecule has 4 nitrogen and oxygen atoms in total. The van der Waals surface area contributed by atoms with E-state index in [0.29, 0.717) is 26.0 Å². The number of rotatable bonds is 7. The van der Waals surface area contributed by atoms with Gasteiger partial charge >= 0.3 is 0 Å². The number of nitrogens with one attached hydrogen (secondary N) is 1. The zero-order valence-electron chi connectivity index (χ0n) is 12.0. The summed E-state index contributed by atoms with van der Waals surface area (Å²) in [6.07, 6.45) is 1.14. The zero-order chi connectivity index (χ0) is 14.3.